The van der Waals surface area contributed by atoms with Gasteiger partial charge in [0.05, 0.1) is 0 Å². The number of halogens is 1. The van der Waals surface area contributed by atoms with E-state index in [2.05, 4.69) is 5.32 Å². The molecule has 0 radical (unpaired) electrons. The maximum Gasteiger partial charge on any atom is 0.260 e. The molecule has 2 rings (SSSR count). The van der Waals surface area contributed by atoms with E-state index in [1.54, 1.807) is 4.90 Å². The van der Waals surface area contributed by atoms with Gasteiger partial charge >= 0.3 is 0 Å². The summed E-state index contributed by atoms with van der Waals surface area (Å²) >= 11 is 0. The summed E-state index contributed by atoms with van der Waals surface area (Å²) in [6, 6.07) is 4.20. The van der Waals surface area contributed by atoms with Crippen molar-refractivity contribution >= 4 is 5.91 Å². The van der Waals surface area contributed by atoms with Crippen molar-refractivity contribution in [3.8, 4) is 5.75 Å². The van der Waals surface area contributed by atoms with Gasteiger partial charge in [0.15, 0.2) is 0 Å². The number of carbonyl (C=O) groups excluding carboxylic acids is 1. The van der Waals surface area contributed by atoms with Crippen LogP contribution in [0, 0.1) is 5.82 Å². The van der Waals surface area contributed by atoms with Crippen LogP contribution in [0.1, 0.15) is 36.5 Å². The molecule has 1 saturated heterocycles. The molecule has 1 amide bonds. The molecule has 0 saturated carbocycles. The monoisotopic (exact) mass is 280 g/mol. The highest BCUT2D eigenvalue weighted by molar-refractivity contribution is 5.97. The molecule has 1 aliphatic heterocycles. The number of hydrogen-bond donors (Lipinski definition) is 2. The third-order valence-corrected chi connectivity index (χ3v) is 3.59. The van der Waals surface area contributed by atoms with Gasteiger partial charge < -0.3 is 15.3 Å². The topological polar surface area (TPSA) is 52.6 Å². The van der Waals surface area contributed by atoms with Crippen molar-refractivity contribution in [2.24, 2.45) is 0 Å². The molecule has 110 valence electrons. The quantitative estimate of drug-likeness (QED) is 0.869. The van der Waals surface area contributed by atoms with Crippen LogP contribution >= 0.6 is 0 Å². The molecule has 2 N–H and O–H groups in total. The van der Waals surface area contributed by atoms with E-state index in [-0.39, 0.29) is 17.4 Å². The predicted molar refractivity (Wildman–Crippen MR) is 75.3 cm³/mol. The van der Waals surface area contributed by atoms with E-state index in [1.807, 2.05) is 6.92 Å². The summed E-state index contributed by atoms with van der Waals surface area (Å²) in [6.07, 6.45) is 2.92. The molecule has 1 heterocycles. The van der Waals surface area contributed by atoms with E-state index in [0.717, 1.165) is 25.8 Å². The molecule has 20 heavy (non-hydrogen) atoms. The normalized spacial score (nSPS) is 18.2. The first-order chi connectivity index (χ1) is 9.63. The lowest BCUT2D eigenvalue weighted by molar-refractivity contribution is 0.0734. The van der Waals surface area contributed by atoms with Gasteiger partial charge in [-0.15, -0.1) is 0 Å². The summed E-state index contributed by atoms with van der Waals surface area (Å²) in [4.78, 5) is 14.1. The van der Waals surface area contributed by atoms with Crippen LogP contribution in [0.15, 0.2) is 18.2 Å². The Labute approximate surface area is 118 Å². The minimum atomic E-state index is -0.671. The molecule has 1 unspecified atom stereocenters. The van der Waals surface area contributed by atoms with E-state index in [1.165, 1.54) is 18.2 Å². The van der Waals surface area contributed by atoms with Crippen LogP contribution < -0.4 is 5.32 Å². The van der Waals surface area contributed by atoms with Gasteiger partial charge in [-0.3, -0.25) is 4.79 Å². The molecule has 0 aliphatic carbocycles. The van der Waals surface area contributed by atoms with Crippen molar-refractivity contribution in [2.75, 3.05) is 19.6 Å². The number of phenols is 1. The van der Waals surface area contributed by atoms with Crippen LogP contribution in [-0.4, -0.2) is 41.6 Å². The molecule has 1 aliphatic rings. The van der Waals surface area contributed by atoms with Crippen molar-refractivity contribution in [3.05, 3.63) is 29.6 Å². The first-order valence-electron chi connectivity index (χ1n) is 7.13. The summed E-state index contributed by atoms with van der Waals surface area (Å²) in [6.45, 7) is 4.05. The fourth-order valence-electron chi connectivity index (χ4n) is 2.61. The molecule has 4 nitrogen and oxygen atoms in total. The lowest BCUT2D eigenvalue weighted by Crippen LogP contribution is -2.41. The molecule has 0 aromatic heterocycles. The van der Waals surface area contributed by atoms with Crippen LogP contribution in [0.3, 0.4) is 0 Å². The Morgan fingerprint density at radius 1 is 1.55 bits per heavy atom. The van der Waals surface area contributed by atoms with Crippen molar-refractivity contribution in [1.82, 2.24) is 10.2 Å². The standard InChI is InChI=1S/C15H21FN2O2/c1-2-9-18(10-11-5-4-8-17-11)15(20)14-12(16)6-3-7-13(14)19/h3,6-7,11,17,19H,2,4-5,8-10H2,1H3. The SMILES string of the molecule is CCCN(CC1CCCN1)C(=O)c1c(O)cccc1F. The predicted octanol–water partition coefficient (Wildman–Crippen LogP) is 2.14. The maximum absolute atomic E-state index is 13.8. The van der Waals surface area contributed by atoms with Gasteiger partial charge in [-0.05, 0) is 37.9 Å². The van der Waals surface area contributed by atoms with Crippen molar-refractivity contribution in [1.29, 1.82) is 0 Å². The van der Waals surface area contributed by atoms with Gasteiger partial charge in [0, 0.05) is 19.1 Å². The number of nitrogens with zero attached hydrogens (tertiary/aromatic N) is 1. The van der Waals surface area contributed by atoms with Crippen LogP contribution in [0.2, 0.25) is 0 Å². The van der Waals surface area contributed by atoms with Crippen LogP contribution in [0.5, 0.6) is 5.75 Å². The molecular formula is C15H21FN2O2. The Morgan fingerprint density at radius 3 is 2.95 bits per heavy atom. The van der Waals surface area contributed by atoms with E-state index in [9.17, 15) is 14.3 Å². The van der Waals surface area contributed by atoms with Crippen molar-refractivity contribution in [3.63, 3.8) is 0 Å². The lowest BCUT2D eigenvalue weighted by Gasteiger charge is -2.26. The van der Waals surface area contributed by atoms with Gasteiger partial charge in [0.2, 0.25) is 0 Å². The lowest BCUT2D eigenvalue weighted by atomic mass is 10.1. The van der Waals surface area contributed by atoms with Gasteiger partial charge in [-0.1, -0.05) is 13.0 Å². The van der Waals surface area contributed by atoms with Crippen LogP contribution in [-0.2, 0) is 0 Å². The Morgan fingerprint density at radius 2 is 2.35 bits per heavy atom. The third kappa shape index (κ3) is 3.28. The second-order valence-corrected chi connectivity index (χ2v) is 5.18. The zero-order valence-corrected chi connectivity index (χ0v) is 11.7. The largest absolute Gasteiger partial charge is 0.507 e. The molecular weight excluding hydrogens is 259 g/mol. The number of carbonyl (C=O) groups is 1. The number of nitrogens with one attached hydrogen (secondary N) is 1. The molecule has 0 bridgehead atoms. The highest BCUT2D eigenvalue weighted by Crippen LogP contribution is 2.22. The Bertz CT molecular complexity index is 453. The van der Waals surface area contributed by atoms with Gasteiger partial charge in [0.25, 0.3) is 5.91 Å². The number of phenolic OH excluding ortho intramolecular Hbond substituents is 1. The number of rotatable bonds is 5. The van der Waals surface area contributed by atoms with Crippen LogP contribution in [0.4, 0.5) is 4.39 Å². The summed E-state index contributed by atoms with van der Waals surface area (Å²) in [5, 5.41) is 13.1. The Hall–Kier alpha value is -1.62. The zero-order valence-electron chi connectivity index (χ0n) is 11.7. The highest BCUT2D eigenvalue weighted by atomic mass is 19.1. The smallest absolute Gasteiger partial charge is 0.260 e. The Balaban J connectivity index is 2.17. The van der Waals surface area contributed by atoms with Gasteiger partial charge in [0.1, 0.15) is 17.1 Å². The highest BCUT2D eigenvalue weighted by Gasteiger charge is 2.25. The molecule has 1 atom stereocenters. The minimum absolute atomic E-state index is 0.223. The summed E-state index contributed by atoms with van der Waals surface area (Å²) < 4.78 is 13.8. The molecule has 1 aromatic rings. The first kappa shape index (κ1) is 14.8. The molecule has 0 spiro atoms. The second kappa shape index (κ2) is 6.70. The average Bonchev–Trinajstić information content (AvgIpc) is 2.91. The number of aromatic hydroxyl groups is 1. The number of hydrogen-bond acceptors (Lipinski definition) is 3. The van der Waals surface area contributed by atoms with Crippen molar-refractivity contribution < 1.29 is 14.3 Å². The summed E-state index contributed by atoms with van der Waals surface area (Å²) in [5.41, 5.74) is -0.223. The van der Waals surface area contributed by atoms with Gasteiger partial charge in [-0.2, -0.15) is 0 Å². The second-order valence-electron chi connectivity index (χ2n) is 5.18. The fourth-order valence-corrected chi connectivity index (χ4v) is 2.61. The number of benzene rings is 1. The molecule has 5 heteroatoms. The molecule has 1 aromatic carbocycles. The fraction of sp³-hybridized carbons (Fsp3) is 0.533. The van der Waals surface area contributed by atoms with E-state index >= 15 is 0 Å². The van der Waals surface area contributed by atoms with Crippen molar-refractivity contribution in [2.45, 2.75) is 32.2 Å². The summed E-state index contributed by atoms with van der Waals surface area (Å²) in [7, 11) is 0. The third-order valence-electron chi connectivity index (χ3n) is 3.59. The minimum Gasteiger partial charge on any atom is -0.507 e. The maximum atomic E-state index is 13.8. The van der Waals surface area contributed by atoms with E-state index < -0.39 is 11.7 Å². The zero-order chi connectivity index (χ0) is 14.5. The number of amides is 1. The van der Waals surface area contributed by atoms with E-state index in [4.69, 9.17) is 0 Å². The first-order valence-corrected chi connectivity index (χ1v) is 7.13. The average molecular weight is 280 g/mol. The summed E-state index contributed by atoms with van der Waals surface area (Å²) in [5.74, 6) is -1.40. The van der Waals surface area contributed by atoms with Crippen LogP contribution in [0.25, 0.3) is 0 Å². The molecule has 1 fully saturated rings. The van der Waals surface area contributed by atoms with Gasteiger partial charge in [-0.25, -0.2) is 4.39 Å². The van der Waals surface area contributed by atoms with E-state index in [0.29, 0.717) is 13.1 Å². The Kier molecular flexibility index (Phi) is 4.95.